The minimum absolute atomic E-state index is 0.122. The first-order chi connectivity index (χ1) is 11.5. The Kier molecular flexibility index (Phi) is 6.79. The molecule has 0 bridgehead atoms. The summed E-state index contributed by atoms with van der Waals surface area (Å²) >= 11 is 1.74. The van der Waals surface area contributed by atoms with E-state index < -0.39 is 0 Å². The second kappa shape index (κ2) is 8.83. The van der Waals surface area contributed by atoms with Gasteiger partial charge >= 0.3 is 0 Å². The van der Waals surface area contributed by atoms with E-state index in [9.17, 15) is 0 Å². The lowest BCUT2D eigenvalue weighted by Crippen LogP contribution is -2.39. The van der Waals surface area contributed by atoms with Crippen LogP contribution in [-0.2, 0) is 18.3 Å². The Morgan fingerprint density at radius 2 is 1.75 bits per heavy atom. The topological polar surface area (TPSA) is 49.3 Å². The van der Waals surface area contributed by atoms with Crippen LogP contribution in [0.15, 0.2) is 40.7 Å². The Bertz CT molecular complexity index is 641. The van der Waals surface area contributed by atoms with E-state index in [1.165, 1.54) is 16.3 Å². The summed E-state index contributed by atoms with van der Waals surface area (Å²) in [6.45, 7) is 8.30. The Labute approximate surface area is 149 Å². The average Bonchev–Trinajstić information content (AvgIpc) is 3.03. The molecule has 5 heteroatoms. The summed E-state index contributed by atoms with van der Waals surface area (Å²) in [4.78, 5) is 9.00. The first-order valence-corrected chi connectivity index (χ1v) is 9.30. The molecule has 2 rings (SSSR count). The van der Waals surface area contributed by atoms with E-state index in [1.54, 1.807) is 18.4 Å². The van der Waals surface area contributed by atoms with Crippen molar-refractivity contribution in [3.63, 3.8) is 0 Å². The highest BCUT2D eigenvalue weighted by molar-refractivity contribution is 7.09. The number of guanidine groups is 1. The van der Waals surface area contributed by atoms with Crippen LogP contribution >= 0.6 is 11.3 Å². The molecule has 0 radical (unpaired) electrons. The SMILES string of the molecule is CN=C(NCCc1ccccc1)NCCc1nc(C(C)(C)C)cs1. The lowest BCUT2D eigenvalue weighted by atomic mass is 9.93. The molecular formula is C19H28N4S. The molecule has 130 valence electrons. The van der Waals surface area contributed by atoms with Gasteiger partial charge in [-0.3, -0.25) is 4.99 Å². The van der Waals surface area contributed by atoms with Crippen molar-refractivity contribution < 1.29 is 0 Å². The smallest absolute Gasteiger partial charge is 0.191 e. The van der Waals surface area contributed by atoms with Crippen molar-refractivity contribution >= 4 is 17.3 Å². The van der Waals surface area contributed by atoms with Crippen LogP contribution in [-0.4, -0.2) is 31.1 Å². The maximum absolute atomic E-state index is 4.72. The van der Waals surface area contributed by atoms with E-state index in [1.807, 2.05) is 6.07 Å². The van der Waals surface area contributed by atoms with Crippen LogP contribution in [0, 0.1) is 0 Å². The zero-order valence-electron chi connectivity index (χ0n) is 15.1. The zero-order chi connectivity index (χ0) is 17.4. The van der Waals surface area contributed by atoms with Gasteiger partial charge in [0, 0.05) is 37.4 Å². The fourth-order valence-electron chi connectivity index (χ4n) is 2.25. The van der Waals surface area contributed by atoms with Gasteiger partial charge in [0.05, 0.1) is 10.7 Å². The molecule has 24 heavy (non-hydrogen) atoms. The lowest BCUT2D eigenvalue weighted by molar-refractivity contribution is 0.570. The molecule has 2 N–H and O–H groups in total. The van der Waals surface area contributed by atoms with E-state index in [0.29, 0.717) is 0 Å². The average molecular weight is 345 g/mol. The van der Waals surface area contributed by atoms with Crippen LogP contribution in [0.5, 0.6) is 0 Å². The minimum atomic E-state index is 0.122. The molecule has 0 atom stereocenters. The Morgan fingerprint density at radius 1 is 1.08 bits per heavy atom. The highest BCUT2D eigenvalue weighted by atomic mass is 32.1. The first-order valence-electron chi connectivity index (χ1n) is 8.42. The highest BCUT2D eigenvalue weighted by Crippen LogP contribution is 2.23. The van der Waals surface area contributed by atoms with E-state index in [0.717, 1.165) is 31.9 Å². The number of nitrogens with one attached hydrogen (secondary N) is 2. The maximum atomic E-state index is 4.72. The molecule has 0 fully saturated rings. The van der Waals surface area contributed by atoms with Gasteiger partial charge in [-0.1, -0.05) is 51.1 Å². The second-order valence-electron chi connectivity index (χ2n) is 6.79. The monoisotopic (exact) mass is 344 g/mol. The standard InChI is InChI=1S/C19H28N4S/c1-19(2,3)16-14-24-17(23-16)11-13-22-18(20-4)21-12-10-15-8-6-5-7-9-15/h5-9,14H,10-13H2,1-4H3,(H2,20,21,22). The van der Waals surface area contributed by atoms with Crippen molar-refractivity contribution in [1.82, 2.24) is 15.6 Å². The first kappa shape index (κ1) is 18.5. The van der Waals surface area contributed by atoms with Crippen molar-refractivity contribution in [2.45, 2.75) is 39.0 Å². The van der Waals surface area contributed by atoms with Gasteiger partial charge in [0.15, 0.2) is 5.96 Å². The molecule has 0 saturated heterocycles. The van der Waals surface area contributed by atoms with Crippen molar-refractivity contribution in [2.75, 3.05) is 20.1 Å². The predicted octanol–water partition coefficient (Wildman–Crippen LogP) is 3.39. The summed E-state index contributed by atoms with van der Waals surface area (Å²) in [7, 11) is 1.80. The van der Waals surface area contributed by atoms with E-state index in [2.05, 4.69) is 66.0 Å². The number of benzene rings is 1. The number of nitrogens with zero attached hydrogens (tertiary/aromatic N) is 2. The predicted molar refractivity (Wildman–Crippen MR) is 104 cm³/mol. The molecule has 4 nitrogen and oxygen atoms in total. The number of hydrogen-bond donors (Lipinski definition) is 2. The molecule has 0 saturated carbocycles. The van der Waals surface area contributed by atoms with Crippen molar-refractivity contribution in [3.05, 3.63) is 52.0 Å². The van der Waals surface area contributed by atoms with E-state index in [4.69, 9.17) is 4.98 Å². The molecule has 2 aromatic rings. The van der Waals surface area contributed by atoms with Crippen LogP contribution in [0.25, 0.3) is 0 Å². The maximum Gasteiger partial charge on any atom is 0.191 e. The van der Waals surface area contributed by atoms with Gasteiger partial charge in [0.2, 0.25) is 0 Å². The third kappa shape index (κ3) is 5.96. The largest absolute Gasteiger partial charge is 0.356 e. The summed E-state index contributed by atoms with van der Waals surface area (Å²) in [6, 6.07) is 10.5. The van der Waals surface area contributed by atoms with Crippen molar-refractivity contribution in [1.29, 1.82) is 0 Å². The summed E-state index contributed by atoms with van der Waals surface area (Å²) in [5.41, 5.74) is 2.63. The third-order valence-electron chi connectivity index (χ3n) is 3.72. The molecule has 1 heterocycles. The van der Waals surface area contributed by atoms with Crippen LogP contribution in [0.2, 0.25) is 0 Å². The van der Waals surface area contributed by atoms with Gasteiger partial charge in [-0.2, -0.15) is 0 Å². The zero-order valence-corrected chi connectivity index (χ0v) is 15.9. The quantitative estimate of drug-likeness (QED) is 0.624. The molecule has 0 aliphatic carbocycles. The number of aromatic nitrogens is 1. The summed E-state index contributed by atoms with van der Waals surface area (Å²) in [5.74, 6) is 0.846. The molecule has 0 spiro atoms. The summed E-state index contributed by atoms with van der Waals surface area (Å²) in [6.07, 6.45) is 1.91. The van der Waals surface area contributed by atoms with Crippen LogP contribution < -0.4 is 10.6 Å². The Hall–Kier alpha value is -1.88. The fraction of sp³-hybridized carbons (Fsp3) is 0.474. The molecule has 1 aromatic heterocycles. The Balaban J connectivity index is 1.71. The molecular weight excluding hydrogens is 316 g/mol. The molecule has 0 amide bonds. The van der Waals surface area contributed by atoms with Crippen LogP contribution in [0.3, 0.4) is 0 Å². The van der Waals surface area contributed by atoms with Crippen molar-refractivity contribution in [2.24, 2.45) is 4.99 Å². The van der Waals surface area contributed by atoms with Crippen molar-refractivity contribution in [3.8, 4) is 0 Å². The Morgan fingerprint density at radius 3 is 2.33 bits per heavy atom. The summed E-state index contributed by atoms with van der Waals surface area (Å²) < 4.78 is 0. The minimum Gasteiger partial charge on any atom is -0.356 e. The molecule has 0 aliphatic heterocycles. The second-order valence-corrected chi connectivity index (χ2v) is 7.73. The van der Waals surface area contributed by atoms with Crippen LogP contribution in [0.1, 0.15) is 37.0 Å². The van der Waals surface area contributed by atoms with Crippen LogP contribution in [0.4, 0.5) is 0 Å². The molecule has 0 aliphatic rings. The third-order valence-corrected chi connectivity index (χ3v) is 4.63. The van der Waals surface area contributed by atoms with E-state index in [-0.39, 0.29) is 5.41 Å². The highest BCUT2D eigenvalue weighted by Gasteiger charge is 2.17. The van der Waals surface area contributed by atoms with Gasteiger partial charge in [0.1, 0.15) is 0 Å². The summed E-state index contributed by atoms with van der Waals surface area (Å²) in [5, 5.41) is 10.1. The number of aliphatic imine (C=N–C) groups is 1. The van der Waals surface area contributed by atoms with Gasteiger partial charge in [-0.25, -0.2) is 4.98 Å². The fourth-order valence-corrected chi connectivity index (χ4v) is 3.27. The van der Waals surface area contributed by atoms with Gasteiger partial charge in [-0.15, -0.1) is 11.3 Å². The normalized spacial score (nSPS) is 12.2. The molecule has 1 aromatic carbocycles. The number of thiazole rings is 1. The van der Waals surface area contributed by atoms with Gasteiger partial charge in [-0.05, 0) is 12.0 Å². The van der Waals surface area contributed by atoms with Gasteiger partial charge < -0.3 is 10.6 Å². The molecule has 0 unspecified atom stereocenters. The lowest BCUT2D eigenvalue weighted by Gasteiger charge is -2.14. The van der Waals surface area contributed by atoms with Gasteiger partial charge in [0.25, 0.3) is 0 Å². The van der Waals surface area contributed by atoms with E-state index >= 15 is 0 Å². The number of hydrogen-bond acceptors (Lipinski definition) is 3. The number of rotatable bonds is 6.